The predicted molar refractivity (Wildman–Crippen MR) is 64.0 cm³/mol. The quantitative estimate of drug-likeness (QED) is 0.898. The SMILES string of the molecule is CC1OCCC1(C)Nc1ccncc1Br. The Hall–Kier alpha value is -0.610. The van der Waals surface area contributed by atoms with Gasteiger partial charge in [0.1, 0.15) is 0 Å². The Bertz CT molecular complexity index is 358. The fourth-order valence-electron chi connectivity index (χ4n) is 1.78. The van der Waals surface area contributed by atoms with E-state index in [9.17, 15) is 0 Å². The van der Waals surface area contributed by atoms with Crippen LogP contribution in [-0.4, -0.2) is 23.2 Å². The van der Waals surface area contributed by atoms with Crippen molar-refractivity contribution in [3.05, 3.63) is 22.9 Å². The number of pyridine rings is 1. The molecule has 0 aromatic carbocycles. The van der Waals surface area contributed by atoms with Gasteiger partial charge in [-0.3, -0.25) is 4.98 Å². The third-order valence-corrected chi connectivity index (χ3v) is 3.71. The molecule has 0 radical (unpaired) electrons. The van der Waals surface area contributed by atoms with Crippen LogP contribution in [-0.2, 0) is 4.74 Å². The summed E-state index contributed by atoms with van der Waals surface area (Å²) in [5, 5.41) is 3.52. The third kappa shape index (κ3) is 2.16. The smallest absolute Gasteiger partial charge is 0.0774 e. The van der Waals surface area contributed by atoms with Gasteiger partial charge in [0.25, 0.3) is 0 Å². The second kappa shape index (κ2) is 4.10. The molecule has 0 aliphatic carbocycles. The van der Waals surface area contributed by atoms with Crippen LogP contribution in [0.3, 0.4) is 0 Å². The summed E-state index contributed by atoms with van der Waals surface area (Å²) in [6.45, 7) is 5.12. The lowest BCUT2D eigenvalue weighted by atomic mass is 9.94. The van der Waals surface area contributed by atoms with Gasteiger partial charge in [0.2, 0.25) is 0 Å². The van der Waals surface area contributed by atoms with Gasteiger partial charge in [-0.05, 0) is 42.3 Å². The van der Waals surface area contributed by atoms with Gasteiger partial charge in [0.05, 0.1) is 21.8 Å². The van der Waals surface area contributed by atoms with Gasteiger partial charge in [-0.2, -0.15) is 0 Å². The molecule has 1 saturated heterocycles. The molecule has 2 heterocycles. The zero-order chi connectivity index (χ0) is 10.9. The van der Waals surface area contributed by atoms with Gasteiger partial charge in [-0.15, -0.1) is 0 Å². The average molecular weight is 271 g/mol. The second-order valence-electron chi connectivity index (χ2n) is 4.16. The number of ether oxygens (including phenoxy) is 1. The summed E-state index contributed by atoms with van der Waals surface area (Å²) in [4.78, 5) is 4.04. The van der Waals surface area contributed by atoms with Crippen LogP contribution < -0.4 is 5.32 Å². The lowest BCUT2D eigenvalue weighted by molar-refractivity contribution is 0.105. The van der Waals surface area contributed by atoms with E-state index in [1.54, 1.807) is 12.4 Å². The minimum absolute atomic E-state index is 0.0177. The summed E-state index contributed by atoms with van der Waals surface area (Å²) in [5.41, 5.74) is 1.09. The van der Waals surface area contributed by atoms with Crippen LogP contribution in [0.5, 0.6) is 0 Å². The van der Waals surface area contributed by atoms with Gasteiger partial charge in [-0.25, -0.2) is 0 Å². The Balaban J connectivity index is 2.18. The highest BCUT2D eigenvalue weighted by molar-refractivity contribution is 9.10. The number of anilines is 1. The van der Waals surface area contributed by atoms with Crippen molar-refractivity contribution in [2.75, 3.05) is 11.9 Å². The summed E-state index contributed by atoms with van der Waals surface area (Å²) in [5.74, 6) is 0. The Labute approximate surface area is 98.4 Å². The van der Waals surface area contributed by atoms with Gasteiger partial charge >= 0.3 is 0 Å². The summed E-state index contributed by atoms with van der Waals surface area (Å²) < 4.78 is 6.58. The van der Waals surface area contributed by atoms with Gasteiger partial charge in [0, 0.05) is 19.0 Å². The fraction of sp³-hybridized carbons (Fsp3) is 0.545. The maximum Gasteiger partial charge on any atom is 0.0774 e. The van der Waals surface area contributed by atoms with Crippen molar-refractivity contribution in [2.45, 2.75) is 31.9 Å². The molecule has 0 amide bonds. The highest BCUT2D eigenvalue weighted by atomic mass is 79.9. The van der Waals surface area contributed by atoms with E-state index in [2.05, 4.69) is 40.1 Å². The number of rotatable bonds is 2. The fourth-order valence-corrected chi connectivity index (χ4v) is 2.13. The molecule has 1 aliphatic rings. The molecule has 0 spiro atoms. The van der Waals surface area contributed by atoms with Crippen molar-refractivity contribution in [3.8, 4) is 0 Å². The van der Waals surface area contributed by atoms with Crippen LogP contribution in [0.2, 0.25) is 0 Å². The number of aromatic nitrogens is 1. The van der Waals surface area contributed by atoms with Crippen LogP contribution in [0.1, 0.15) is 20.3 Å². The number of nitrogens with one attached hydrogen (secondary N) is 1. The summed E-state index contributed by atoms with van der Waals surface area (Å²) >= 11 is 3.48. The van der Waals surface area contributed by atoms with Crippen molar-refractivity contribution < 1.29 is 4.74 Å². The molecule has 0 bridgehead atoms. The Kier molecular flexibility index (Phi) is 2.98. The molecule has 82 valence electrons. The molecule has 4 heteroatoms. The standard InChI is InChI=1S/C11H15BrN2O/c1-8-11(2,4-6-15-8)14-10-3-5-13-7-9(10)12/h3,5,7-8H,4,6H2,1-2H3,(H,13,14). The van der Waals surface area contributed by atoms with Gasteiger partial charge in [-0.1, -0.05) is 0 Å². The van der Waals surface area contributed by atoms with Crippen molar-refractivity contribution in [1.82, 2.24) is 4.98 Å². The van der Waals surface area contributed by atoms with E-state index in [4.69, 9.17) is 4.74 Å². The Morgan fingerprint density at radius 1 is 1.67 bits per heavy atom. The largest absolute Gasteiger partial charge is 0.376 e. The predicted octanol–water partition coefficient (Wildman–Crippen LogP) is 2.82. The molecule has 3 nitrogen and oxygen atoms in total. The van der Waals surface area contributed by atoms with Crippen molar-refractivity contribution >= 4 is 21.6 Å². The lowest BCUT2D eigenvalue weighted by Crippen LogP contribution is -2.41. The van der Waals surface area contributed by atoms with Crippen LogP contribution in [0, 0.1) is 0 Å². The first-order valence-electron chi connectivity index (χ1n) is 5.11. The molecular formula is C11H15BrN2O. The minimum Gasteiger partial charge on any atom is -0.376 e. The zero-order valence-corrected chi connectivity index (χ0v) is 10.5. The average Bonchev–Trinajstić information content (AvgIpc) is 2.51. The highest BCUT2D eigenvalue weighted by Crippen LogP contribution is 2.32. The number of halogens is 1. The summed E-state index contributed by atoms with van der Waals surface area (Å²) in [7, 11) is 0. The second-order valence-corrected chi connectivity index (χ2v) is 5.02. The number of hydrogen-bond acceptors (Lipinski definition) is 3. The number of nitrogens with zero attached hydrogens (tertiary/aromatic N) is 1. The molecule has 2 rings (SSSR count). The molecule has 1 aromatic heterocycles. The molecule has 2 unspecified atom stereocenters. The minimum atomic E-state index is 0.0177. The maximum absolute atomic E-state index is 5.59. The number of hydrogen-bond donors (Lipinski definition) is 1. The first-order chi connectivity index (χ1) is 7.12. The zero-order valence-electron chi connectivity index (χ0n) is 8.96. The molecule has 1 aromatic rings. The van der Waals surface area contributed by atoms with E-state index in [0.717, 1.165) is 23.2 Å². The van der Waals surface area contributed by atoms with Crippen LogP contribution in [0.25, 0.3) is 0 Å². The van der Waals surface area contributed by atoms with Crippen LogP contribution in [0.4, 0.5) is 5.69 Å². The first kappa shape index (κ1) is 10.9. The van der Waals surface area contributed by atoms with E-state index < -0.39 is 0 Å². The first-order valence-corrected chi connectivity index (χ1v) is 5.90. The topological polar surface area (TPSA) is 34.1 Å². The van der Waals surface area contributed by atoms with E-state index >= 15 is 0 Å². The normalized spacial score (nSPS) is 30.5. The van der Waals surface area contributed by atoms with E-state index in [1.807, 2.05) is 6.07 Å². The molecule has 2 atom stereocenters. The van der Waals surface area contributed by atoms with Gasteiger partial charge < -0.3 is 10.1 Å². The lowest BCUT2D eigenvalue weighted by Gasteiger charge is -2.30. The summed E-state index contributed by atoms with van der Waals surface area (Å²) in [6.07, 6.45) is 4.85. The molecule has 0 saturated carbocycles. The van der Waals surface area contributed by atoms with Crippen molar-refractivity contribution in [3.63, 3.8) is 0 Å². The van der Waals surface area contributed by atoms with Crippen molar-refractivity contribution in [2.24, 2.45) is 0 Å². The highest BCUT2D eigenvalue weighted by Gasteiger charge is 2.37. The van der Waals surface area contributed by atoms with Crippen molar-refractivity contribution in [1.29, 1.82) is 0 Å². The van der Waals surface area contributed by atoms with Crippen LogP contribution >= 0.6 is 15.9 Å². The summed E-state index contributed by atoms with van der Waals surface area (Å²) in [6, 6.07) is 1.97. The van der Waals surface area contributed by atoms with Crippen LogP contribution in [0.15, 0.2) is 22.9 Å². The van der Waals surface area contributed by atoms with Gasteiger partial charge in [0.15, 0.2) is 0 Å². The van der Waals surface area contributed by atoms with E-state index in [0.29, 0.717) is 0 Å². The third-order valence-electron chi connectivity index (χ3n) is 3.08. The molecule has 15 heavy (non-hydrogen) atoms. The Morgan fingerprint density at radius 2 is 2.47 bits per heavy atom. The molecule has 1 N–H and O–H groups in total. The maximum atomic E-state index is 5.59. The Morgan fingerprint density at radius 3 is 3.07 bits per heavy atom. The molecule has 1 fully saturated rings. The molecule has 1 aliphatic heterocycles. The monoisotopic (exact) mass is 270 g/mol. The molecular weight excluding hydrogens is 256 g/mol. The van der Waals surface area contributed by atoms with E-state index in [-0.39, 0.29) is 11.6 Å². The van der Waals surface area contributed by atoms with E-state index in [1.165, 1.54) is 0 Å².